The number of esters is 1. The Morgan fingerprint density at radius 1 is 1.25 bits per heavy atom. The number of likely N-dealkylation sites (N-methyl/N-ethyl adjacent to an activating group) is 2. The summed E-state index contributed by atoms with van der Waals surface area (Å²) in [6.07, 6.45) is 0. The minimum absolute atomic E-state index is 0.0808. The van der Waals surface area contributed by atoms with Gasteiger partial charge in [0.1, 0.15) is 5.76 Å². The van der Waals surface area contributed by atoms with Gasteiger partial charge in [0, 0.05) is 13.1 Å². The molecule has 0 fully saturated rings. The van der Waals surface area contributed by atoms with Crippen molar-refractivity contribution < 1.29 is 18.7 Å². The molecule has 0 spiro atoms. The number of rotatable bonds is 7. The second kappa shape index (κ2) is 7.69. The number of hydrogen-bond donors (Lipinski definition) is 0. The highest BCUT2D eigenvalue weighted by atomic mass is 16.5. The van der Waals surface area contributed by atoms with Crippen molar-refractivity contribution >= 4 is 11.9 Å². The first-order valence-corrected chi connectivity index (χ1v) is 6.65. The number of hydrogen-bond acceptors (Lipinski definition) is 5. The zero-order valence-electron chi connectivity index (χ0n) is 12.5. The van der Waals surface area contributed by atoms with Gasteiger partial charge in [-0.15, -0.1) is 0 Å². The van der Waals surface area contributed by atoms with Crippen LogP contribution in [0.3, 0.4) is 0 Å². The van der Waals surface area contributed by atoms with E-state index in [1.54, 1.807) is 17.0 Å². The third-order valence-corrected chi connectivity index (χ3v) is 3.00. The lowest BCUT2D eigenvalue weighted by Crippen LogP contribution is -2.38. The molecule has 0 aromatic carbocycles. The molecule has 0 aliphatic carbocycles. The predicted octanol–water partition coefficient (Wildman–Crippen LogP) is 1.37. The highest BCUT2D eigenvalue weighted by Gasteiger charge is 2.15. The Kier molecular flexibility index (Phi) is 6.24. The Hall–Kier alpha value is -1.82. The summed E-state index contributed by atoms with van der Waals surface area (Å²) < 4.78 is 9.93. The molecular weight excluding hydrogens is 260 g/mol. The third kappa shape index (κ3) is 4.38. The van der Waals surface area contributed by atoms with Crippen LogP contribution in [0.2, 0.25) is 0 Å². The number of carbonyl (C=O) groups excluding carboxylic acids is 2. The van der Waals surface area contributed by atoms with Crippen LogP contribution in [0, 0.1) is 0 Å². The largest absolute Gasteiger partial charge is 0.463 e. The molecule has 0 aliphatic rings. The third-order valence-electron chi connectivity index (χ3n) is 3.00. The molecule has 1 aromatic rings. The fourth-order valence-electron chi connectivity index (χ4n) is 1.90. The molecule has 6 heteroatoms. The van der Waals surface area contributed by atoms with Crippen molar-refractivity contribution in [2.75, 3.05) is 33.8 Å². The first-order chi connectivity index (χ1) is 9.51. The first kappa shape index (κ1) is 16.2. The summed E-state index contributed by atoms with van der Waals surface area (Å²) >= 11 is 0. The Morgan fingerprint density at radius 3 is 2.45 bits per heavy atom. The number of ether oxygens (including phenoxy) is 1. The standard InChI is InChI=1S/C14H22N2O4/c1-5-16(6-2)13(17)10-15(3)9-11-7-8-12(20-11)14(18)19-4/h7-8H,5-6,9-10H2,1-4H3. The van der Waals surface area contributed by atoms with Crippen LogP contribution in [0.25, 0.3) is 0 Å². The summed E-state index contributed by atoms with van der Waals surface area (Å²) in [7, 11) is 3.14. The van der Waals surface area contributed by atoms with E-state index in [1.807, 2.05) is 25.8 Å². The summed E-state index contributed by atoms with van der Waals surface area (Å²) in [5.74, 6) is 0.376. The molecule has 1 aromatic heterocycles. The Labute approximate surface area is 119 Å². The van der Waals surface area contributed by atoms with Gasteiger partial charge >= 0.3 is 5.97 Å². The van der Waals surface area contributed by atoms with Crippen molar-refractivity contribution in [1.82, 2.24) is 9.80 Å². The van der Waals surface area contributed by atoms with Gasteiger partial charge < -0.3 is 14.1 Å². The minimum atomic E-state index is -0.502. The first-order valence-electron chi connectivity index (χ1n) is 6.65. The smallest absolute Gasteiger partial charge is 0.373 e. The number of amides is 1. The molecule has 0 atom stereocenters. The minimum Gasteiger partial charge on any atom is -0.463 e. The molecule has 1 amide bonds. The van der Waals surface area contributed by atoms with Crippen LogP contribution in [0.1, 0.15) is 30.2 Å². The number of furan rings is 1. The van der Waals surface area contributed by atoms with E-state index in [4.69, 9.17) is 4.42 Å². The molecule has 0 saturated heterocycles. The van der Waals surface area contributed by atoms with Crippen LogP contribution in [0.15, 0.2) is 16.5 Å². The number of carbonyl (C=O) groups is 2. The molecule has 0 aliphatic heterocycles. The van der Waals surface area contributed by atoms with Crippen LogP contribution >= 0.6 is 0 Å². The van der Waals surface area contributed by atoms with Crippen molar-refractivity contribution in [3.05, 3.63) is 23.7 Å². The molecule has 1 heterocycles. The fourth-order valence-corrected chi connectivity index (χ4v) is 1.90. The molecule has 1 rings (SSSR count). The van der Waals surface area contributed by atoms with Gasteiger partial charge in [-0.2, -0.15) is 0 Å². The van der Waals surface area contributed by atoms with Gasteiger partial charge in [0.2, 0.25) is 11.7 Å². The van der Waals surface area contributed by atoms with Crippen molar-refractivity contribution in [2.45, 2.75) is 20.4 Å². The van der Waals surface area contributed by atoms with Crippen molar-refractivity contribution in [3.8, 4) is 0 Å². The zero-order chi connectivity index (χ0) is 15.1. The number of nitrogens with zero attached hydrogens (tertiary/aromatic N) is 2. The summed E-state index contributed by atoms with van der Waals surface area (Å²) in [4.78, 5) is 26.8. The van der Waals surface area contributed by atoms with Crippen LogP contribution in [0.4, 0.5) is 0 Å². The molecule has 0 bridgehead atoms. The SMILES string of the molecule is CCN(CC)C(=O)CN(C)Cc1ccc(C(=O)OC)o1. The molecule has 0 N–H and O–H groups in total. The lowest BCUT2D eigenvalue weighted by Gasteiger charge is -2.22. The second-order valence-electron chi connectivity index (χ2n) is 4.50. The van der Waals surface area contributed by atoms with E-state index in [1.165, 1.54) is 7.11 Å². The highest BCUT2D eigenvalue weighted by molar-refractivity contribution is 5.86. The fraction of sp³-hybridized carbons (Fsp3) is 0.571. The second-order valence-corrected chi connectivity index (χ2v) is 4.50. The molecule has 0 radical (unpaired) electrons. The molecule has 0 unspecified atom stereocenters. The van der Waals surface area contributed by atoms with Crippen molar-refractivity contribution in [1.29, 1.82) is 0 Å². The van der Waals surface area contributed by atoms with E-state index >= 15 is 0 Å². The van der Waals surface area contributed by atoms with Gasteiger partial charge in [-0.1, -0.05) is 0 Å². The number of methoxy groups -OCH3 is 1. The van der Waals surface area contributed by atoms with E-state index in [-0.39, 0.29) is 11.7 Å². The van der Waals surface area contributed by atoms with Gasteiger partial charge in [0.25, 0.3) is 0 Å². The average Bonchev–Trinajstić information content (AvgIpc) is 2.87. The monoisotopic (exact) mass is 282 g/mol. The van der Waals surface area contributed by atoms with Gasteiger partial charge in [-0.25, -0.2) is 4.79 Å². The summed E-state index contributed by atoms with van der Waals surface area (Å²) in [5, 5.41) is 0. The lowest BCUT2D eigenvalue weighted by molar-refractivity contribution is -0.131. The maximum atomic E-state index is 11.9. The Balaban J connectivity index is 2.54. The van der Waals surface area contributed by atoms with Gasteiger partial charge in [0.15, 0.2) is 0 Å². The van der Waals surface area contributed by atoms with Crippen LogP contribution in [-0.2, 0) is 16.1 Å². The molecule has 6 nitrogen and oxygen atoms in total. The van der Waals surface area contributed by atoms with E-state index in [0.29, 0.717) is 31.9 Å². The zero-order valence-corrected chi connectivity index (χ0v) is 12.5. The van der Waals surface area contributed by atoms with Gasteiger partial charge in [-0.05, 0) is 33.0 Å². The Morgan fingerprint density at radius 2 is 1.90 bits per heavy atom. The Bertz CT molecular complexity index is 452. The van der Waals surface area contributed by atoms with Crippen LogP contribution in [0.5, 0.6) is 0 Å². The molecule has 0 saturated carbocycles. The quantitative estimate of drug-likeness (QED) is 0.707. The van der Waals surface area contributed by atoms with E-state index < -0.39 is 5.97 Å². The highest BCUT2D eigenvalue weighted by Crippen LogP contribution is 2.11. The van der Waals surface area contributed by atoms with Gasteiger partial charge in [-0.3, -0.25) is 9.69 Å². The van der Waals surface area contributed by atoms with E-state index in [9.17, 15) is 9.59 Å². The average molecular weight is 282 g/mol. The van der Waals surface area contributed by atoms with E-state index in [0.717, 1.165) is 0 Å². The molecule has 112 valence electrons. The maximum Gasteiger partial charge on any atom is 0.373 e. The summed E-state index contributed by atoms with van der Waals surface area (Å²) in [6, 6.07) is 3.28. The lowest BCUT2D eigenvalue weighted by atomic mass is 10.3. The summed E-state index contributed by atoms with van der Waals surface area (Å²) in [6.45, 7) is 6.10. The van der Waals surface area contributed by atoms with Gasteiger partial charge in [0.05, 0.1) is 20.2 Å². The molecular formula is C14H22N2O4. The van der Waals surface area contributed by atoms with Crippen molar-refractivity contribution in [2.24, 2.45) is 0 Å². The maximum absolute atomic E-state index is 11.9. The van der Waals surface area contributed by atoms with Crippen LogP contribution < -0.4 is 0 Å². The summed E-state index contributed by atoms with van der Waals surface area (Å²) in [5.41, 5.74) is 0. The topological polar surface area (TPSA) is 63.0 Å². The predicted molar refractivity (Wildman–Crippen MR) is 74.3 cm³/mol. The normalized spacial score (nSPS) is 10.7. The van der Waals surface area contributed by atoms with Crippen molar-refractivity contribution in [3.63, 3.8) is 0 Å². The van der Waals surface area contributed by atoms with E-state index in [2.05, 4.69) is 4.74 Å². The molecule has 20 heavy (non-hydrogen) atoms. The van der Waals surface area contributed by atoms with Crippen LogP contribution in [-0.4, -0.2) is 55.5 Å².